The van der Waals surface area contributed by atoms with Crippen LogP contribution in [0.25, 0.3) is 0 Å². The van der Waals surface area contributed by atoms with Crippen LogP contribution in [0.15, 0.2) is 36.9 Å². The summed E-state index contributed by atoms with van der Waals surface area (Å²) < 4.78 is 6.42. The SMILES string of the molecule is C=CCN(C(=O)C1N([C@@H](CO)C(C)C)C(=O)[C@@H]2[C@@H](C(=O)O)[C@@]3(C)CCC12O3)c1ccc(Cl)cc1. The second-order valence-electron chi connectivity index (χ2n) is 10.0. The standard InChI is InChI=1S/C25H31ClN2O6/c1-5-12-27(16-8-6-15(26)7-9-16)22(31)20-25-11-10-24(4,34-25)19(23(32)33)18(25)21(30)28(20)17(13-29)14(2)3/h5-9,14,17-20,29H,1,10-13H2,2-4H3,(H,32,33)/t17-,18-,19-,20?,24+,25?/m0/s1. The number of ether oxygens (including phenoxy) is 1. The van der Waals surface area contributed by atoms with E-state index < -0.39 is 52.9 Å². The Balaban J connectivity index is 1.86. The molecule has 8 nitrogen and oxygen atoms in total. The maximum atomic E-state index is 14.3. The number of benzene rings is 1. The molecule has 2 amide bonds. The Morgan fingerprint density at radius 3 is 2.50 bits per heavy atom. The van der Waals surface area contributed by atoms with E-state index in [2.05, 4.69) is 6.58 Å². The summed E-state index contributed by atoms with van der Waals surface area (Å²) in [6, 6.07) is 5.01. The lowest BCUT2D eigenvalue weighted by Gasteiger charge is -2.40. The molecule has 3 saturated heterocycles. The molecule has 1 aromatic rings. The van der Waals surface area contributed by atoms with Crippen LogP contribution >= 0.6 is 11.6 Å². The summed E-state index contributed by atoms with van der Waals surface area (Å²) in [5, 5.41) is 20.8. The molecular weight excluding hydrogens is 460 g/mol. The van der Waals surface area contributed by atoms with E-state index in [1.165, 1.54) is 9.80 Å². The fourth-order valence-corrected chi connectivity index (χ4v) is 6.34. The van der Waals surface area contributed by atoms with Crippen LogP contribution in [-0.2, 0) is 19.1 Å². The largest absolute Gasteiger partial charge is 0.481 e. The number of aliphatic hydroxyl groups excluding tert-OH is 1. The minimum atomic E-state index is -1.28. The van der Waals surface area contributed by atoms with Crippen LogP contribution in [0.5, 0.6) is 0 Å². The van der Waals surface area contributed by atoms with Crippen molar-refractivity contribution in [2.24, 2.45) is 17.8 Å². The van der Waals surface area contributed by atoms with Crippen molar-refractivity contribution in [2.75, 3.05) is 18.1 Å². The normalized spacial score (nSPS) is 32.7. The molecule has 0 radical (unpaired) electrons. The number of carboxylic acid groups (broad SMARTS) is 1. The number of amides is 2. The molecule has 2 bridgehead atoms. The number of aliphatic hydroxyl groups is 1. The summed E-state index contributed by atoms with van der Waals surface area (Å²) in [5.41, 5.74) is -1.74. The van der Waals surface area contributed by atoms with Crippen LogP contribution in [0.1, 0.15) is 33.6 Å². The van der Waals surface area contributed by atoms with Crippen LogP contribution in [-0.4, -0.2) is 69.3 Å². The van der Waals surface area contributed by atoms with E-state index in [0.29, 0.717) is 23.6 Å². The maximum absolute atomic E-state index is 14.3. The summed E-state index contributed by atoms with van der Waals surface area (Å²) in [4.78, 5) is 43.4. The lowest BCUT2D eigenvalue weighted by Crippen LogP contribution is -2.60. The van der Waals surface area contributed by atoms with Crippen LogP contribution in [0.2, 0.25) is 5.02 Å². The van der Waals surface area contributed by atoms with Gasteiger partial charge < -0.3 is 24.7 Å². The highest BCUT2D eigenvalue weighted by Crippen LogP contribution is 2.63. The molecule has 3 aliphatic rings. The molecule has 0 saturated carbocycles. The first-order valence-corrected chi connectivity index (χ1v) is 11.9. The Labute approximate surface area is 204 Å². The van der Waals surface area contributed by atoms with Gasteiger partial charge in [-0.25, -0.2) is 0 Å². The number of fused-ring (bicyclic) bond motifs is 1. The predicted octanol–water partition coefficient (Wildman–Crippen LogP) is 2.73. The topological polar surface area (TPSA) is 107 Å². The molecule has 3 heterocycles. The lowest BCUT2D eigenvalue weighted by atomic mass is 9.66. The second-order valence-corrected chi connectivity index (χ2v) is 10.5. The Kier molecular flexibility index (Phi) is 6.29. The van der Waals surface area contributed by atoms with E-state index in [1.54, 1.807) is 37.3 Å². The molecule has 2 unspecified atom stereocenters. The third-order valence-electron chi connectivity index (χ3n) is 7.74. The van der Waals surface area contributed by atoms with Crippen molar-refractivity contribution < 1.29 is 29.3 Å². The fourth-order valence-electron chi connectivity index (χ4n) is 6.22. The number of hydrogen-bond acceptors (Lipinski definition) is 5. The minimum Gasteiger partial charge on any atom is -0.481 e. The molecule has 0 aliphatic carbocycles. The Bertz CT molecular complexity index is 1010. The number of anilines is 1. The number of carbonyl (C=O) groups excluding carboxylic acids is 2. The van der Waals surface area contributed by atoms with Gasteiger partial charge in [-0.05, 0) is 49.9 Å². The number of rotatable bonds is 8. The van der Waals surface area contributed by atoms with Crippen molar-refractivity contribution in [3.8, 4) is 0 Å². The van der Waals surface area contributed by atoms with Gasteiger partial charge in [0.15, 0.2) is 0 Å². The second kappa shape index (κ2) is 8.66. The molecule has 1 spiro atoms. The predicted molar refractivity (Wildman–Crippen MR) is 126 cm³/mol. The van der Waals surface area contributed by atoms with E-state index in [-0.39, 0.29) is 19.1 Å². The molecule has 9 heteroatoms. The zero-order valence-electron chi connectivity index (χ0n) is 19.6. The van der Waals surface area contributed by atoms with E-state index >= 15 is 0 Å². The number of carboxylic acids is 1. The van der Waals surface area contributed by atoms with E-state index in [1.807, 2.05) is 13.8 Å². The monoisotopic (exact) mass is 490 g/mol. The molecule has 184 valence electrons. The van der Waals surface area contributed by atoms with Crippen LogP contribution in [0.3, 0.4) is 0 Å². The molecule has 34 heavy (non-hydrogen) atoms. The van der Waals surface area contributed by atoms with Gasteiger partial charge in [0.1, 0.15) is 11.6 Å². The Hall–Kier alpha value is -2.42. The molecule has 2 N–H and O–H groups in total. The Morgan fingerprint density at radius 2 is 1.97 bits per heavy atom. The molecule has 1 aromatic carbocycles. The van der Waals surface area contributed by atoms with Crippen molar-refractivity contribution in [2.45, 2.75) is 56.9 Å². The molecule has 6 atom stereocenters. The summed E-state index contributed by atoms with van der Waals surface area (Å²) in [6.45, 7) is 9.02. The lowest BCUT2D eigenvalue weighted by molar-refractivity contribution is -0.156. The van der Waals surface area contributed by atoms with Crippen molar-refractivity contribution >= 4 is 35.1 Å². The quantitative estimate of drug-likeness (QED) is 0.542. The fraction of sp³-hybridized carbons (Fsp3) is 0.560. The highest BCUT2D eigenvalue weighted by molar-refractivity contribution is 6.30. The molecule has 4 rings (SSSR count). The third-order valence-corrected chi connectivity index (χ3v) is 8.00. The van der Waals surface area contributed by atoms with Gasteiger partial charge >= 0.3 is 5.97 Å². The summed E-state index contributed by atoms with van der Waals surface area (Å²) >= 11 is 6.04. The number of nitrogens with zero attached hydrogens (tertiary/aromatic N) is 2. The van der Waals surface area contributed by atoms with Crippen molar-refractivity contribution in [3.05, 3.63) is 41.9 Å². The van der Waals surface area contributed by atoms with Gasteiger partial charge in [0.2, 0.25) is 5.91 Å². The van der Waals surface area contributed by atoms with Gasteiger partial charge in [0.05, 0.1) is 30.1 Å². The minimum absolute atomic E-state index is 0.168. The number of halogens is 1. The van der Waals surface area contributed by atoms with Crippen molar-refractivity contribution in [1.29, 1.82) is 0 Å². The van der Waals surface area contributed by atoms with Gasteiger partial charge in [0, 0.05) is 17.3 Å². The first kappa shape index (κ1) is 24.7. The highest BCUT2D eigenvalue weighted by Gasteiger charge is 2.79. The van der Waals surface area contributed by atoms with Gasteiger partial charge in [0.25, 0.3) is 5.91 Å². The first-order chi connectivity index (χ1) is 16.0. The van der Waals surface area contributed by atoms with Crippen LogP contribution < -0.4 is 4.90 Å². The Morgan fingerprint density at radius 1 is 1.32 bits per heavy atom. The summed E-state index contributed by atoms with van der Waals surface area (Å²) in [7, 11) is 0. The maximum Gasteiger partial charge on any atom is 0.310 e. The van der Waals surface area contributed by atoms with Gasteiger partial charge in [-0.1, -0.05) is 31.5 Å². The van der Waals surface area contributed by atoms with E-state index in [9.17, 15) is 24.6 Å². The highest BCUT2D eigenvalue weighted by atomic mass is 35.5. The van der Waals surface area contributed by atoms with Crippen LogP contribution in [0, 0.1) is 17.8 Å². The van der Waals surface area contributed by atoms with Crippen LogP contribution in [0.4, 0.5) is 5.69 Å². The zero-order chi connectivity index (χ0) is 25.0. The number of aliphatic carboxylic acids is 1. The molecule has 3 aliphatic heterocycles. The molecule has 3 fully saturated rings. The average molecular weight is 491 g/mol. The third kappa shape index (κ3) is 3.46. The average Bonchev–Trinajstić information content (AvgIpc) is 3.34. The summed E-state index contributed by atoms with van der Waals surface area (Å²) in [6.07, 6.45) is 2.40. The van der Waals surface area contributed by atoms with E-state index in [0.717, 1.165) is 0 Å². The number of hydrogen-bond donors (Lipinski definition) is 2. The van der Waals surface area contributed by atoms with E-state index in [4.69, 9.17) is 16.3 Å². The van der Waals surface area contributed by atoms with Gasteiger partial charge in [-0.3, -0.25) is 14.4 Å². The number of carbonyl (C=O) groups is 3. The summed E-state index contributed by atoms with van der Waals surface area (Å²) in [5.74, 6) is -4.19. The molecule has 0 aromatic heterocycles. The van der Waals surface area contributed by atoms with Crippen molar-refractivity contribution in [1.82, 2.24) is 4.90 Å². The zero-order valence-corrected chi connectivity index (χ0v) is 20.4. The number of likely N-dealkylation sites (tertiary alicyclic amines) is 1. The van der Waals surface area contributed by atoms with Crippen molar-refractivity contribution in [3.63, 3.8) is 0 Å². The first-order valence-electron chi connectivity index (χ1n) is 11.6. The van der Waals surface area contributed by atoms with Gasteiger partial charge in [-0.2, -0.15) is 0 Å². The van der Waals surface area contributed by atoms with Gasteiger partial charge in [-0.15, -0.1) is 6.58 Å². The smallest absolute Gasteiger partial charge is 0.310 e. The molecular formula is C25H31ClN2O6.